The van der Waals surface area contributed by atoms with Gasteiger partial charge in [-0.1, -0.05) is 38.1 Å². The summed E-state index contributed by atoms with van der Waals surface area (Å²) in [6.45, 7) is 4.50. The van der Waals surface area contributed by atoms with Crippen molar-refractivity contribution in [2.24, 2.45) is 0 Å². The van der Waals surface area contributed by atoms with E-state index in [1.807, 2.05) is 12.1 Å². The normalized spacial score (nSPS) is 13.0. The maximum atomic E-state index is 12.8. The summed E-state index contributed by atoms with van der Waals surface area (Å²) in [5.74, 6) is 0.119. The van der Waals surface area contributed by atoms with Crippen LogP contribution in [0.2, 0.25) is 0 Å². The van der Waals surface area contributed by atoms with E-state index in [9.17, 15) is 12.8 Å². The third-order valence-electron chi connectivity index (χ3n) is 3.99. The summed E-state index contributed by atoms with van der Waals surface area (Å²) in [5.41, 5.74) is 2.03. The first-order valence-electron chi connectivity index (χ1n) is 7.76. The fourth-order valence-corrected chi connectivity index (χ4v) is 3.31. The van der Waals surface area contributed by atoms with E-state index in [2.05, 4.69) is 18.6 Å². The van der Waals surface area contributed by atoms with E-state index in [-0.39, 0.29) is 17.3 Å². The van der Waals surface area contributed by atoms with Gasteiger partial charge in [0.1, 0.15) is 5.82 Å². The van der Waals surface area contributed by atoms with Gasteiger partial charge < -0.3 is 0 Å². The molecule has 0 aromatic heterocycles. The molecule has 0 aliphatic carbocycles. The van der Waals surface area contributed by atoms with Crippen LogP contribution in [0.3, 0.4) is 0 Å². The molecule has 23 heavy (non-hydrogen) atoms. The Morgan fingerprint density at radius 3 is 2.22 bits per heavy atom. The lowest BCUT2D eigenvalue weighted by Crippen LogP contribution is -2.26. The third-order valence-corrected chi connectivity index (χ3v) is 5.47. The van der Waals surface area contributed by atoms with E-state index in [1.54, 1.807) is 24.3 Å². The number of benzene rings is 2. The first kappa shape index (κ1) is 17.6. The molecule has 0 heterocycles. The topological polar surface area (TPSA) is 46.2 Å². The van der Waals surface area contributed by atoms with Gasteiger partial charge in [0, 0.05) is 6.54 Å². The van der Waals surface area contributed by atoms with Crippen molar-refractivity contribution < 1.29 is 12.8 Å². The Morgan fingerprint density at radius 1 is 1.04 bits per heavy atom. The summed E-state index contributed by atoms with van der Waals surface area (Å²) in [7, 11) is -3.51. The molecule has 0 amide bonds. The monoisotopic (exact) mass is 335 g/mol. The molecule has 0 aliphatic rings. The smallest absolute Gasteiger partial charge is 0.211 e. The van der Waals surface area contributed by atoms with E-state index in [1.165, 1.54) is 12.1 Å². The van der Waals surface area contributed by atoms with Crippen LogP contribution in [0.5, 0.6) is 0 Å². The second-order valence-corrected chi connectivity index (χ2v) is 7.42. The predicted molar refractivity (Wildman–Crippen MR) is 90.4 cm³/mol. The standard InChI is InChI=1S/C18H22FNO2S/c1-3-14(2)16-6-10-18(11-7-16)23(21,22)20-13-12-15-4-8-17(19)9-5-15/h4-11,14,20H,3,12-13H2,1-2H3. The van der Waals surface area contributed by atoms with Crippen LogP contribution in [0, 0.1) is 5.82 Å². The van der Waals surface area contributed by atoms with Gasteiger partial charge in [-0.3, -0.25) is 0 Å². The summed E-state index contributed by atoms with van der Waals surface area (Å²) in [6.07, 6.45) is 1.53. The molecule has 1 atom stereocenters. The zero-order valence-electron chi connectivity index (χ0n) is 13.4. The molecular weight excluding hydrogens is 313 g/mol. The van der Waals surface area contributed by atoms with Crippen LogP contribution in [0.4, 0.5) is 4.39 Å². The second-order valence-electron chi connectivity index (χ2n) is 5.65. The van der Waals surface area contributed by atoms with Crippen molar-refractivity contribution in [2.75, 3.05) is 6.54 Å². The summed E-state index contributed by atoms with van der Waals surface area (Å²) in [5, 5.41) is 0. The lowest BCUT2D eigenvalue weighted by molar-refractivity contribution is 0.581. The highest BCUT2D eigenvalue weighted by atomic mass is 32.2. The predicted octanol–water partition coefficient (Wildman–Crippen LogP) is 3.86. The summed E-state index contributed by atoms with van der Waals surface area (Å²) in [6, 6.07) is 13.1. The molecule has 0 saturated carbocycles. The molecule has 2 rings (SSSR count). The van der Waals surface area contributed by atoms with Gasteiger partial charge in [-0.15, -0.1) is 0 Å². The van der Waals surface area contributed by atoms with Crippen LogP contribution in [0.25, 0.3) is 0 Å². The first-order chi connectivity index (χ1) is 10.9. The maximum Gasteiger partial charge on any atom is 0.240 e. The Labute approximate surface area is 137 Å². The quantitative estimate of drug-likeness (QED) is 0.835. The highest BCUT2D eigenvalue weighted by molar-refractivity contribution is 7.89. The lowest BCUT2D eigenvalue weighted by Gasteiger charge is -2.11. The van der Waals surface area contributed by atoms with Gasteiger partial charge in [0.15, 0.2) is 0 Å². The SMILES string of the molecule is CCC(C)c1ccc(S(=O)(=O)NCCc2ccc(F)cc2)cc1. The van der Waals surface area contributed by atoms with Crippen molar-refractivity contribution in [3.8, 4) is 0 Å². The number of halogens is 1. The highest BCUT2D eigenvalue weighted by Gasteiger charge is 2.14. The molecular formula is C18H22FNO2S. The van der Waals surface area contributed by atoms with Crippen LogP contribution in [-0.4, -0.2) is 15.0 Å². The number of hydrogen-bond donors (Lipinski definition) is 1. The average molecular weight is 335 g/mol. The molecule has 0 aliphatic heterocycles. The van der Waals surface area contributed by atoms with E-state index in [0.717, 1.165) is 17.5 Å². The molecule has 2 aromatic rings. The van der Waals surface area contributed by atoms with Crippen LogP contribution < -0.4 is 4.72 Å². The van der Waals surface area contributed by atoms with Gasteiger partial charge in [0.05, 0.1) is 4.90 Å². The van der Waals surface area contributed by atoms with Crippen LogP contribution in [0.15, 0.2) is 53.4 Å². The summed E-state index contributed by atoms with van der Waals surface area (Å²) in [4.78, 5) is 0.267. The highest BCUT2D eigenvalue weighted by Crippen LogP contribution is 2.20. The van der Waals surface area contributed by atoms with Crippen molar-refractivity contribution >= 4 is 10.0 Å². The van der Waals surface area contributed by atoms with E-state index in [4.69, 9.17) is 0 Å². The van der Waals surface area contributed by atoms with Crippen molar-refractivity contribution in [3.05, 3.63) is 65.5 Å². The lowest BCUT2D eigenvalue weighted by atomic mass is 9.99. The Bertz CT molecular complexity index is 725. The fourth-order valence-electron chi connectivity index (χ4n) is 2.28. The number of rotatable bonds is 7. The third kappa shape index (κ3) is 4.88. The average Bonchev–Trinajstić information content (AvgIpc) is 2.56. The molecule has 0 fully saturated rings. The molecule has 0 bridgehead atoms. The van der Waals surface area contributed by atoms with Gasteiger partial charge in [0.25, 0.3) is 0 Å². The molecule has 124 valence electrons. The zero-order chi connectivity index (χ0) is 16.9. The Hall–Kier alpha value is -1.72. The molecule has 0 radical (unpaired) electrons. The zero-order valence-corrected chi connectivity index (χ0v) is 14.2. The Morgan fingerprint density at radius 2 is 1.65 bits per heavy atom. The van der Waals surface area contributed by atoms with Crippen molar-refractivity contribution in [1.29, 1.82) is 0 Å². The maximum absolute atomic E-state index is 12.8. The van der Waals surface area contributed by atoms with Crippen molar-refractivity contribution in [3.63, 3.8) is 0 Å². The van der Waals surface area contributed by atoms with Crippen molar-refractivity contribution in [1.82, 2.24) is 4.72 Å². The van der Waals surface area contributed by atoms with E-state index >= 15 is 0 Å². The molecule has 1 N–H and O–H groups in total. The van der Waals surface area contributed by atoms with Gasteiger partial charge in [-0.25, -0.2) is 17.5 Å². The molecule has 0 saturated heterocycles. The summed E-state index contributed by atoms with van der Waals surface area (Å²) < 4.78 is 39.9. The largest absolute Gasteiger partial charge is 0.240 e. The second kappa shape index (κ2) is 7.70. The van der Waals surface area contributed by atoms with Gasteiger partial charge in [-0.2, -0.15) is 0 Å². The molecule has 2 aromatic carbocycles. The minimum Gasteiger partial charge on any atom is -0.211 e. The molecule has 0 spiro atoms. The van der Waals surface area contributed by atoms with Crippen LogP contribution in [-0.2, 0) is 16.4 Å². The van der Waals surface area contributed by atoms with E-state index < -0.39 is 10.0 Å². The van der Waals surface area contributed by atoms with E-state index in [0.29, 0.717) is 12.3 Å². The summed E-state index contributed by atoms with van der Waals surface area (Å²) >= 11 is 0. The Kier molecular flexibility index (Phi) is 5.91. The van der Waals surface area contributed by atoms with Crippen molar-refractivity contribution in [2.45, 2.75) is 37.5 Å². The molecule has 5 heteroatoms. The Balaban J connectivity index is 1.97. The molecule has 1 unspecified atom stereocenters. The minimum atomic E-state index is -3.51. The van der Waals surface area contributed by atoms with Crippen LogP contribution >= 0.6 is 0 Å². The number of nitrogens with one attached hydrogen (secondary N) is 1. The minimum absolute atomic E-state index is 0.267. The number of hydrogen-bond acceptors (Lipinski definition) is 2. The molecule has 3 nitrogen and oxygen atoms in total. The fraction of sp³-hybridized carbons (Fsp3) is 0.333. The van der Waals surface area contributed by atoms with Gasteiger partial charge >= 0.3 is 0 Å². The van der Waals surface area contributed by atoms with Crippen LogP contribution in [0.1, 0.15) is 37.3 Å². The van der Waals surface area contributed by atoms with Gasteiger partial charge in [-0.05, 0) is 54.2 Å². The number of sulfonamides is 1. The first-order valence-corrected chi connectivity index (χ1v) is 9.24. The van der Waals surface area contributed by atoms with Gasteiger partial charge in [0.2, 0.25) is 10.0 Å².